The van der Waals surface area contributed by atoms with Crippen molar-refractivity contribution in [3.63, 3.8) is 0 Å². The van der Waals surface area contributed by atoms with E-state index in [1.807, 2.05) is 48.5 Å². The number of hydrogen-bond donors (Lipinski definition) is 1. The number of rotatable bonds is 15. The summed E-state index contributed by atoms with van der Waals surface area (Å²) in [5.74, 6) is 0.557. The summed E-state index contributed by atoms with van der Waals surface area (Å²) in [6.45, 7) is 15.4. The Morgan fingerprint density at radius 1 is 0.806 bits per heavy atom. The van der Waals surface area contributed by atoms with Gasteiger partial charge >= 0.3 is 5.97 Å². The van der Waals surface area contributed by atoms with Crippen LogP contribution in [0.1, 0.15) is 38.8 Å². The molecule has 0 aliphatic heterocycles. The number of benzene rings is 2. The molecule has 2 rings (SSSR count). The minimum absolute atomic E-state index is 0.0888. The van der Waals surface area contributed by atoms with E-state index >= 15 is 0 Å². The largest absolute Gasteiger partial charge is 0.491 e. The smallest absolute Gasteiger partial charge is 0.333 e. The first-order valence-corrected chi connectivity index (χ1v) is 11.8. The Morgan fingerprint density at radius 2 is 1.28 bits per heavy atom. The predicted molar refractivity (Wildman–Crippen MR) is 138 cm³/mol. The Balaban J connectivity index is 1.82. The molecule has 1 unspecified atom stereocenters. The monoisotopic (exact) mass is 496 g/mol. The molecule has 1 N–H and O–H groups in total. The highest BCUT2D eigenvalue weighted by Crippen LogP contribution is 2.33. The Bertz CT molecular complexity index is 1040. The summed E-state index contributed by atoms with van der Waals surface area (Å²) in [7, 11) is 0. The Kier molecular flexibility index (Phi) is 10.9. The molecule has 0 radical (unpaired) electrons. The Hall–Kier alpha value is -3.42. The van der Waals surface area contributed by atoms with Gasteiger partial charge in [-0.3, -0.25) is 4.79 Å². The molecule has 194 valence electrons. The molecule has 0 aliphatic rings. The average Bonchev–Trinajstić information content (AvgIpc) is 2.86. The van der Waals surface area contributed by atoms with E-state index < -0.39 is 17.9 Å². The third-order valence-corrected chi connectivity index (χ3v) is 5.58. The first-order chi connectivity index (χ1) is 17.0. The Labute approximate surface area is 213 Å². The molecule has 36 heavy (non-hydrogen) atoms. The number of aliphatic hydroxyl groups is 1. The maximum atomic E-state index is 11.6. The van der Waals surface area contributed by atoms with Crippen LogP contribution in [0.25, 0.3) is 0 Å². The van der Waals surface area contributed by atoms with E-state index in [0.29, 0.717) is 29.3 Å². The number of carbonyl (C=O) groups is 2. The minimum atomic E-state index is -1.20. The minimum Gasteiger partial charge on any atom is -0.491 e. The van der Waals surface area contributed by atoms with Crippen molar-refractivity contribution in [1.29, 1.82) is 0 Å². The van der Waals surface area contributed by atoms with Crippen LogP contribution in [-0.2, 0) is 24.5 Å². The van der Waals surface area contributed by atoms with Crippen molar-refractivity contribution in [2.45, 2.75) is 39.2 Å². The maximum absolute atomic E-state index is 11.6. The van der Waals surface area contributed by atoms with Crippen molar-refractivity contribution >= 4 is 11.8 Å². The van der Waals surface area contributed by atoms with Crippen LogP contribution in [0.4, 0.5) is 0 Å². The summed E-state index contributed by atoms with van der Waals surface area (Å²) < 4.78 is 21.7. The van der Waals surface area contributed by atoms with Crippen LogP contribution >= 0.6 is 0 Å². The van der Waals surface area contributed by atoms with Crippen LogP contribution in [-0.4, -0.2) is 56.0 Å². The van der Waals surface area contributed by atoms with Gasteiger partial charge in [-0.15, -0.1) is 0 Å². The second-order valence-electron chi connectivity index (χ2n) is 9.02. The fourth-order valence-electron chi connectivity index (χ4n) is 3.29. The fraction of sp³-hybridized carbons (Fsp3) is 0.379. The molecule has 0 saturated carbocycles. The molecule has 0 fully saturated rings. The molecule has 0 spiro atoms. The summed E-state index contributed by atoms with van der Waals surface area (Å²) in [4.78, 5) is 23.0. The highest BCUT2D eigenvalue weighted by molar-refractivity contribution is 5.97. The molecule has 2 aromatic rings. The topological polar surface area (TPSA) is 91.3 Å². The van der Waals surface area contributed by atoms with E-state index in [9.17, 15) is 14.7 Å². The van der Waals surface area contributed by atoms with Crippen LogP contribution in [0, 0.1) is 0 Å². The van der Waals surface area contributed by atoms with Crippen molar-refractivity contribution in [3.05, 3.63) is 84.0 Å². The van der Waals surface area contributed by atoms with Crippen molar-refractivity contribution < 1.29 is 33.6 Å². The zero-order valence-corrected chi connectivity index (χ0v) is 21.5. The van der Waals surface area contributed by atoms with Crippen LogP contribution in [0.2, 0.25) is 0 Å². The van der Waals surface area contributed by atoms with Crippen molar-refractivity contribution in [2.75, 3.05) is 33.0 Å². The van der Waals surface area contributed by atoms with Gasteiger partial charge < -0.3 is 24.1 Å². The van der Waals surface area contributed by atoms with E-state index in [0.717, 1.165) is 11.1 Å². The number of carbonyl (C=O) groups excluding carboxylic acids is 2. The zero-order valence-electron chi connectivity index (χ0n) is 21.5. The highest BCUT2D eigenvalue weighted by Gasteiger charge is 2.23. The van der Waals surface area contributed by atoms with Gasteiger partial charge in [-0.1, -0.05) is 51.3 Å². The summed E-state index contributed by atoms with van der Waals surface area (Å²) in [6.07, 6.45) is -1.20. The third-order valence-electron chi connectivity index (χ3n) is 5.58. The molecular formula is C29H36O7. The van der Waals surface area contributed by atoms with Gasteiger partial charge in [0.15, 0.2) is 5.78 Å². The van der Waals surface area contributed by atoms with E-state index in [1.54, 1.807) is 13.8 Å². The van der Waals surface area contributed by atoms with Gasteiger partial charge in [-0.05, 0) is 54.8 Å². The number of hydrogen-bond acceptors (Lipinski definition) is 7. The van der Waals surface area contributed by atoms with Gasteiger partial charge in [0.2, 0.25) is 0 Å². The normalized spacial score (nSPS) is 11.9. The highest BCUT2D eigenvalue weighted by atomic mass is 16.6. The molecule has 0 heterocycles. The fourth-order valence-corrected chi connectivity index (χ4v) is 3.29. The summed E-state index contributed by atoms with van der Waals surface area (Å²) in [5.41, 5.74) is 2.65. The second-order valence-corrected chi connectivity index (χ2v) is 9.02. The van der Waals surface area contributed by atoms with E-state index in [2.05, 4.69) is 27.0 Å². The maximum Gasteiger partial charge on any atom is 0.333 e. The molecule has 7 nitrogen and oxygen atoms in total. The second kappa shape index (κ2) is 13.6. The quantitative estimate of drug-likeness (QED) is 0.222. The first kappa shape index (κ1) is 28.8. The van der Waals surface area contributed by atoms with Gasteiger partial charge in [0, 0.05) is 11.0 Å². The van der Waals surface area contributed by atoms with Crippen molar-refractivity contribution in [3.8, 4) is 11.5 Å². The Morgan fingerprint density at radius 3 is 1.72 bits per heavy atom. The lowest BCUT2D eigenvalue weighted by atomic mass is 9.78. The van der Waals surface area contributed by atoms with Crippen molar-refractivity contribution in [2.24, 2.45) is 0 Å². The molecular weight excluding hydrogens is 460 g/mol. The summed E-state index contributed by atoms with van der Waals surface area (Å²) in [5, 5.41) is 9.70. The SMILES string of the molecule is C=C(C)C(=O)OCCOc1ccc(C(C)(C)c2ccc(OCCOCC(O)C(=O)C(=C)C)cc2)cc1. The van der Waals surface area contributed by atoms with Gasteiger partial charge in [0.05, 0.1) is 13.2 Å². The first-order valence-electron chi connectivity index (χ1n) is 11.8. The van der Waals surface area contributed by atoms with E-state index in [1.165, 1.54) is 0 Å². The predicted octanol–water partition coefficient (Wildman–Crippen LogP) is 4.41. The molecule has 0 aliphatic carbocycles. The molecule has 0 aromatic heterocycles. The van der Waals surface area contributed by atoms with Crippen LogP contribution in [0.15, 0.2) is 72.8 Å². The molecule has 0 saturated heterocycles. The third kappa shape index (κ3) is 8.66. The lowest BCUT2D eigenvalue weighted by molar-refractivity contribution is -0.139. The summed E-state index contributed by atoms with van der Waals surface area (Å²) in [6, 6.07) is 15.7. The standard InChI is InChI=1S/C29H36O7/c1-20(2)27(31)26(30)19-33-15-16-34-24-11-7-22(8-12-24)29(5,6)23-9-13-25(14-10-23)35-17-18-36-28(32)21(3)4/h7-14,26,30H,1,3,15-19H2,2,4-6H3. The molecule has 7 heteroatoms. The average molecular weight is 497 g/mol. The van der Waals surface area contributed by atoms with Crippen LogP contribution < -0.4 is 9.47 Å². The lowest BCUT2D eigenvalue weighted by Gasteiger charge is -2.26. The summed E-state index contributed by atoms with van der Waals surface area (Å²) >= 11 is 0. The van der Waals surface area contributed by atoms with Gasteiger partial charge in [-0.2, -0.15) is 0 Å². The van der Waals surface area contributed by atoms with Crippen molar-refractivity contribution in [1.82, 2.24) is 0 Å². The van der Waals surface area contributed by atoms with E-state index in [-0.39, 0.29) is 31.8 Å². The molecule has 0 amide bonds. The molecule has 2 aromatic carbocycles. The van der Waals surface area contributed by atoms with Crippen LogP contribution in [0.5, 0.6) is 11.5 Å². The number of ketones is 1. The van der Waals surface area contributed by atoms with E-state index in [4.69, 9.17) is 18.9 Å². The number of aliphatic hydroxyl groups excluding tert-OH is 1. The number of Topliss-reactive ketones (excluding diaryl/α,β-unsaturated/α-hetero) is 1. The number of esters is 1. The molecule has 1 atom stereocenters. The van der Waals surface area contributed by atoms with Gasteiger partial charge in [0.1, 0.15) is 37.4 Å². The number of ether oxygens (including phenoxy) is 4. The lowest BCUT2D eigenvalue weighted by Crippen LogP contribution is -2.27. The van der Waals surface area contributed by atoms with Gasteiger partial charge in [0.25, 0.3) is 0 Å². The van der Waals surface area contributed by atoms with Crippen LogP contribution in [0.3, 0.4) is 0 Å². The van der Waals surface area contributed by atoms with Gasteiger partial charge in [-0.25, -0.2) is 4.79 Å². The zero-order chi connectivity index (χ0) is 26.7. The molecule has 0 bridgehead atoms.